The molecule has 0 aliphatic carbocycles. The minimum atomic E-state index is 0.218. The zero-order valence-electron chi connectivity index (χ0n) is 29.8. The fourth-order valence-corrected chi connectivity index (χ4v) is 9.13. The van der Waals surface area contributed by atoms with Crippen molar-refractivity contribution in [3.05, 3.63) is 199 Å². The van der Waals surface area contributed by atoms with Crippen LogP contribution in [0, 0.1) is 0 Å². The van der Waals surface area contributed by atoms with Crippen LogP contribution in [0.1, 0.15) is 23.2 Å². The van der Waals surface area contributed by atoms with Crippen molar-refractivity contribution in [2.75, 3.05) is 5.32 Å². The number of anilines is 2. The largest absolute Gasteiger partial charge is 0.456 e. The van der Waals surface area contributed by atoms with Gasteiger partial charge in [0, 0.05) is 44.2 Å². The van der Waals surface area contributed by atoms with E-state index in [1.165, 1.54) is 38.4 Å². The highest BCUT2D eigenvalue weighted by molar-refractivity contribution is 6.13. The van der Waals surface area contributed by atoms with Crippen LogP contribution < -0.4 is 5.32 Å². The van der Waals surface area contributed by atoms with E-state index in [0.29, 0.717) is 0 Å². The second-order valence-corrected chi connectivity index (χ2v) is 14.6. The van der Waals surface area contributed by atoms with Crippen molar-refractivity contribution >= 4 is 66.2 Å². The first-order valence-electron chi connectivity index (χ1n) is 18.9. The second kappa shape index (κ2) is 11.6. The van der Waals surface area contributed by atoms with Gasteiger partial charge in [-0.2, -0.15) is 0 Å². The normalized spacial score (nSPS) is 15.3. The maximum Gasteiger partial charge on any atom is 0.136 e. The highest BCUT2D eigenvalue weighted by Crippen LogP contribution is 2.50. The number of aromatic nitrogens is 3. The first-order valence-corrected chi connectivity index (χ1v) is 18.9. The minimum absolute atomic E-state index is 0.218. The highest BCUT2D eigenvalue weighted by Gasteiger charge is 2.43. The molecule has 0 spiro atoms. The zero-order valence-corrected chi connectivity index (χ0v) is 29.8. The lowest BCUT2D eigenvalue weighted by Gasteiger charge is -2.50. The summed E-state index contributed by atoms with van der Waals surface area (Å²) in [7, 11) is 0. The number of fused-ring (bicyclic) bond motifs is 10. The van der Waals surface area contributed by atoms with Crippen molar-refractivity contribution in [1.29, 1.82) is 0 Å². The van der Waals surface area contributed by atoms with E-state index in [-0.39, 0.29) is 12.1 Å². The van der Waals surface area contributed by atoms with Crippen molar-refractivity contribution in [2.45, 2.75) is 12.1 Å². The molecule has 4 heterocycles. The number of nitrogens with one attached hydrogen (secondary N) is 1. The van der Waals surface area contributed by atoms with Gasteiger partial charge in [0.1, 0.15) is 23.2 Å². The maximum atomic E-state index is 6.40. The summed E-state index contributed by atoms with van der Waals surface area (Å²) in [5.41, 5.74) is 14.7. The van der Waals surface area contributed by atoms with Crippen molar-refractivity contribution in [1.82, 2.24) is 13.9 Å². The van der Waals surface area contributed by atoms with Gasteiger partial charge in [-0.3, -0.25) is 9.36 Å². The number of nitrogens with zero attached hydrogens (tertiary/aromatic N) is 3. The fourth-order valence-electron chi connectivity index (χ4n) is 9.13. The van der Waals surface area contributed by atoms with Crippen molar-refractivity contribution in [2.24, 2.45) is 0 Å². The molecular weight excluding hydrogens is 673 g/mol. The summed E-state index contributed by atoms with van der Waals surface area (Å²) in [6, 6.07) is 68.0. The van der Waals surface area contributed by atoms with Crippen LogP contribution in [0.15, 0.2) is 192 Å². The average molecular weight is 707 g/mol. The van der Waals surface area contributed by atoms with Crippen LogP contribution in [0.25, 0.3) is 71.6 Å². The molecule has 2 atom stereocenters. The van der Waals surface area contributed by atoms with E-state index in [1.807, 2.05) is 12.1 Å². The van der Waals surface area contributed by atoms with E-state index in [9.17, 15) is 0 Å². The molecule has 1 aliphatic heterocycles. The van der Waals surface area contributed by atoms with Gasteiger partial charge in [-0.05, 0) is 89.5 Å². The number of rotatable bonds is 6. The Balaban J connectivity index is 1.00. The molecule has 8 aromatic carbocycles. The summed E-state index contributed by atoms with van der Waals surface area (Å²) in [4.78, 5) is 0. The lowest BCUT2D eigenvalue weighted by atomic mass is 9.88. The standard InChI is InChI=1S/C50H34N4O/c1-3-13-32(14-4-1)49-50(54-45-21-11-10-20-44(45)53(49)54)33-23-26-35(27-24-33)51-42-31-46-41(37-17-7-9-19-43(37)52(46)36-15-5-2-6-16-36)30-40(42)34-25-28-39-38-18-8-12-22-47(38)55-48(39)29-34/h1-31,49-51H. The average Bonchev–Trinajstić information content (AvgIpc) is 3.76. The maximum absolute atomic E-state index is 6.40. The Morgan fingerprint density at radius 1 is 0.418 bits per heavy atom. The van der Waals surface area contributed by atoms with Gasteiger partial charge in [-0.25, -0.2) is 0 Å². The third-order valence-electron chi connectivity index (χ3n) is 11.6. The van der Waals surface area contributed by atoms with Crippen molar-refractivity contribution in [3.63, 3.8) is 0 Å². The molecule has 0 saturated heterocycles. The molecule has 0 saturated carbocycles. The Bertz CT molecular complexity index is 3240. The molecule has 55 heavy (non-hydrogen) atoms. The van der Waals surface area contributed by atoms with Crippen LogP contribution in [-0.4, -0.2) is 13.9 Å². The summed E-state index contributed by atoms with van der Waals surface area (Å²) in [6.07, 6.45) is 0. The van der Waals surface area contributed by atoms with Gasteiger partial charge in [0.05, 0.1) is 22.1 Å². The SMILES string of the molecule is c1ccc(C2C(c3ccc(Nc4cc5c(cc4-c4ccc6c(c4)oc4ccccc46)c4ccccc4n5-c4ccccc4)cc3)n3c4ccccc4n32)cc1. The molecule has 12 rings (SSSR count). The van der Waals surface area contributed by atoms with Crippen molar-refractivity contribution in [3.8, 4) is 16.8 Å². The molecule has 1 aliphatic rings. The van der Waals surface area contributed by atoms with Crippen LogP contribution in [0.3, 0.4) is 0 Å². The van der Waals surface area contributed by atoms with Gasteiger partial charge in [0.2, 0.25) is 0 Å². The summed E-state index contributed by atoms with van der Waals surface area (Å²) in [5, 5.41) is 8.57. The quantitative estimate of drug-likeness (QED) is 0.187. The van der Waals surface area contributed by atoms with Crippen LogP contribution in [-0.2, 0) is 0 Å². The van der Waals surface area contributed by atoms with Gasteiger partial charge in [0.15, 0.2) is 0 Å². The molecule has 3 aromatic heterocycles. The van der Waals surface area contributed by atoms with Gasteiger partial charge >= 0.3 is 0 Å². The Kier molecular flexibility index (Phi) is 6.39. The molecule has 2 unspecified atom stereocenters. The summed E-state index contributed by atoms with van der Waals surface area (Å²) >= 11 is 0. The fraction of sp³-hybridized carbons (Fsp3) is 0.0400. The Morgan fingerprint density at radius 3 is 1.76 bits per heavy atom. The van der Waals surface area contributed by atoms with E-state index in [1.54, 1.807) is 0 Å². The smallest absolute Gasteiger partial charge is 0.136 e. The highest BCUT2D eigenvalue weighted by atomic mass is 16.3. The van der Waals surface area contributed by atoms with E-state index in [0.717, 1.165) is 55.6 Å². The van der Waals surface area contributed by atoms with Crippen LogP contribution in [0.4, 0.5) is 11.4 Å². The van der Waals surface area contributed by atoms with Crippen LogP contribution in [0.2, 0.25) is 0 Å². The molecule has 0 bridgehead atoms. The molecule has 0 radical (unpaired) electrons. The van der Waals surface area contributed by atoms with Gasteiger partial charge < -0.3 is 14.3 Å². The third kappa shape index (κ3) is 4.47. The summed E-state index contributed by atoms with van der Waals surface area (Å²) < 4.78 is 13.7. The summed E-state index contributed by atoms with van der Waals surface area (Å²) in [6.45, 7) is 0. The van der Waals surface area contributed by atoms with Crippen LogP contribution >= 0.6 is 0 Å². The van der Waals surface area contributed by atoms with Crippen molar-refractivity contribution < 1.29 is 4.42 Å². The third-order valence-corrected chi connectivity index (χ3v) is 11.6. The molecule has 11 aromatic rings. The van der Waals surface area contributed by atoms with E-state index in [4.69, 9.17) is 4.42 Å². The Morgan fingerprint density at radius 2 is 1.02 bits per heavy atom. The number of benzene rings is 8. The lowest BCUT2D eigenvalue weighted by Crippen LogP contribution is -2.46. The van der Waals surface area contributed by atoms with E-state index < -0.39 is 0 Å². The first kappa shape index (κ1) is 30.2. The molecule has 260 valence electrons. The van der Waals surface area contributed by atoms with Gasteiger partial charge in [-0.1, -0.05) is 115 Å². The van der Waals surface area contributed by atoms with Gasteiger partial charge in [0.25, 0.3) is 0 Å². The number of hydrogen-bond acceptors (Lipinski definition) is 2. The molecule has 0 amide bonds. The molecular formula is C50H34N4O. The van der Waals surface area contributed by atoms with E-state index >= 15 is 0 Å². The molecule has 5 nitrogen and oxygen atoms in total. The number of furan rings is 1. The predicted octanol–water partition coefficient (Wildman–Crippen LogP) is 13.0. The first-order chi connectivity index (χ1) is 27.3. The monoisotopic (exact) mass is 706 g/mol. The van der Waals surface area contributed by atoms with Gasteiger partial charge in [-0.15, -0.1) is 0 Å². The number of hydrogen-bond donors (Lipinski definition) is 1. The predicted molar refractivity (Wildman–Crippen MR) is 226 cm³/mol. The Labute approximate surface area is 316 Å². The lowest BCUT2D eigenvalue weighted by molar-refractivity contribution is 0.202. The Hall–Kier alpha value is -7.24. The van der Waals surface area contributed by atoms with Crippen LogP contribution in [0.5, 0.6) is 0 Å². The van der Waals surface area contributed by atoms with E-state index in [2.05, 4.69) is 195 Å². The second-order valence-electron chi connectivity index (χ2n) is 14.6. The minimum Gasteiger partial charge on any atom is -0.456 e. The topological polar surface area (TPSA) is 40.0 Å². The zero-order chi connectivity index (χ0) is 36.0. The molecule has 5 heteroatoms. The molecule has 0 fully saturated rings. The summed E-state index contributed by atoms with van der Waals surface area (Å²) in [5.74, 6) is 0. The molecule has 1 N–H and O–H groups in total. The number of para-hydroxylation sites is 5.